The van der Waals surface area contributed by atoms with Crippen molar-refractivity contribution in [3.8, 4) is 11.5 Å². The first-order valence-electron chi connectivity index (χ1n) is 11.2. The summed E-state index contributed by atoms with van der Waals surface area (Å²) >= 11 is 1.66. The largest absolute Gasteiger partial charge is 0.454 e. The van der Waals surface area contributed by atoms with Crippen molar-refractivity contribution in [1.82, 2.24) is 14.7 Å². The standard InChI is InChI=1S/C21H28N4O7S2/c1-20(15-2-3-16-17(12-15)32-14-31-16)13-22-19(33-20)24-6-8-25(9-7-24)34(28,29)21(18(26)23-27)4-10-30-11-5-21/h2-3,12,27H,4-11,13-14H2,1H3,(H,23,26). The van der Waals surface area contributed by atoms with E-state index >= 15 is 0 Å². The second-order valence-electron chi connectivity index (χ2n) is 8.94. The number of hydrogen-bond donors (Lipinski definition) is 2. The molecule has 1 atom stereocenters. The SMILES string of the molecule is CC1(c2ccc3c(c2)OCO3)CN=C(N2CCN(S(=O)(=O)C3(C(=O)NO)CCOCC3)CC2)S1. The summed E-state index contributed by atoms with van der Waals surface area (Å²) in [5.41, 5.74) is 2.66. The minimum atomic E-state index is -3.99. The third-order valence-corrected chi connectivity index (χ3v) is 11.0. The summed E-state index contributed by atoms with van der Waals surface area (Å²) in [5, 5.41) is 10.1. The van der Waals surface area contributed by atoms with E-state index in [1.165, 1.54) is 4.31 Å². The monoisotopic (exact) mass is 512 g/mol. The molecular formula is C21H28N4O7S2. The molecule has 0 aliphatic carbocycles. The Morgan fingerprint density at radius 3 is 2.56 bits per heavy atom. The number of carbonyl (C=O) groups is 1. The number of aliphatic imine (C=N–C) groups is 1. The molecule has 0 radical (unpaired) electrons. The second kappa shape index (κ2) is 8.86. The molecule has 0 spiro atoms. The van der Waals surface area contributed by atoms with Crippen LogP contribution in [0.5, 0.6) is 11.5 Å². The number of piperazine rings is 1. The number of thioether (sulfide) groups is 1. The summed E-state index contributed by atoms with van der Waals surface area (Å²) in [6.07, 6.45) is 0.0246. The molecule has 2 saturated heterocycles. The van der Waals surface area contributed by atoms with Crippen molar-refractivity contribution in [3.05, 3.63) is 23.8 Å². The molecule has 1 unspecified atom stereocenters. The fraction of sp³-hybridized carbons (Fsp3) is 0.619. The molecule has 1 aromatic rings. The fourth-order valence-corrected chi connectivity index (χ4v) is 8.12. The highest BCUT2D eigenvalue weighted by atomic mass is 32.2. The van der Waals surface area contributed by atoms with Crippen molar-refractivity contribution in [1.29, 1.82) is 0 Å². The van der Waals surface area contributed by atoms with Crippen molar-refractivity contribution in [2.75, 3.05) is 52.7 Å². The van der Waals surface area contributed by atoms with Gasteiger partial charge in [0.05, 0.1) is 11.3 Å². The molecule has 0 bridgehead atoms. The van der Waals surface area contributed by atoms with Crippen LogP contribution in [0.25, 0.3) is 0 Å². The van der Waals surface area contributed by atoms with E-state index in [1.54, 1.807) is 17.2 Å². The van der Waals surface area contributed by atoms with Crippen molar-refractivity contribution in [2.45, 2.75) is 29.3 Å². The Balaban J connectivity index is 1.25. The van der Waals surface area contributed by atoms with Gasteiger partial charge < -0.3 is 19.1 Å². The second-order valence-corrected chi connectivity index (χ2v) is 12.7. The van der Waals surface area contributed by atoms with Crippen LogP contribution in [0, 0.1) is 0 Å². The van der Waals surface area contributed by atoms with E-state index in [-0.39, 0.29) is 50.7 Å². The number of nitrogens with one attached hydrogen (secondary N) is 1. The molecule has 2 fully saturated rings. The number of hydroxylamine groups is 1. The number of fused-ring (bicyclic) bond motifs is 1. The summed E-state index contributed by atoms with van der Waals surface area (Å²) in [4.78, 5) is 19.3. The number of nitrogens with zero attached hydrogens (tertiary/aromatic N) is 3. The van der Waals surface area contributed by atoms with E-state index in [4.69, 9.17) is 19.2 Å². The van der Waals surface area contributed by atoms with E-state index in [2.05, 4.69) is 11.8 Å². The molecular weight excluding hydrogens is 484 g/mol. The Kier molecular flexibility index (Phi) is 6.17. The van der Waals surface area contributed by atoms with Gasteiger partial charge in [-0.1, -0.05) is 17.8 Å². The van der Waals surface area contributed by atoms with Crippen molar-refractivity contribution >= 4 is 32.9 Å². The maximum absolute atomic E-state index is 13.5. The lowest BCUT2D eigenvalue weighted by Gasteiger charge is -2.41. The normalized spacial score (nSPS) is 26.9. The Labute approximate surface area is 202 Å². The van der Waals surface area contributed by atoms with Gasteiger partial charge in [0.25, 0.3) is 5.91 Å². The Morgan fingerprint density at radius 2 is 1.85 bits per heavy atom. The summed E-state index contributed by atoms with van der Waals surface area (Å²) in [6, 6.07) is 5.95. The van der Waals surface area contributed by atoms with E-state index in [0.29, 0.717) is 19.6 Å². The summed E-state index contributed by atoms with van der Waals surface area (Å²) < 4.78 is 42.6. The van der Waals surface area contributed by atoms with Crippen LogP contribution < -0.4 is 15.0 Å². The first kappa shape index (κ1) is 23.7. The first-order chi connectivity index (χ1) is 16.3. The van der Waals surface area contributed by atoms with Crippen LogP contribution in [0.3, 0.4) is 0 Å². The molecule has 0 aromatic heterocycles. The lowest BCUT2D eigenvalue weighted by Crippen LogP contribution is -2.62. The van der Waals surface area contributed by atoms with Gasteiger partial charge in [-0.25, -0.2) is 13.9 Å². The molecule has 34 heavy (non-hydrogen) atoms. The number of rotatable bonds is 4. The zero-order chi connectivity index (χ0) is 24.0. The zero-order valence-electron chi connectivity index (χ0n) is 18.9. The number of ether oxygens (including phenoxy) is 3. The number of amidine groups is 1. The molecule has 5 rings (SSSR count). The number of amides is 1. The summed E-state index contributed by atoms with van der Waals surface area (Å²) in [7, 11) is -3.99. The van der Waals surface area contributed by atoms with Gasteiger partial charge in [0.2, 0.25) is 16.8 Å². The van der Waals surface area contributed by atoms with Crippen LogP contribution in [0.1, 0.15) is 25.3 Å². The van der Waals surface area contributed by atoms with Crippen molar-refractivity contribution in [3.63, 3.8) is 0 Å². The maximum atomic E-state index is 13.5. The molecule has 4 heterocycles. The number of sulfonamides is 1. The van der Waals surface area contributed by atoms with Crippen LogP contribution in [-0.2, 0) is 24.3 Å². The van der Waals surface area contributed by atoms with E-state index in [1.807, 2.05) is 18.2 Å². The molecule has 2 N–H and O–H groups in total. The van der Waals surface area contributed by atoms with Crippen molar-refractivity contribution in [2.24, 2.45) is 4.99 Å². The maximum Gasteiger partial charge on any atom is 0.266 e. The first-order valence-corrected chi connectivity index (χ1v) is 13.5. The molecule has 1 amide bonds. The van der Waals surface area contributed by atoms with Gasteiger partial charge in [0.1, 0.15) is 0 Å². The Bertz CT molecular complexity index is 1100. The van der Waals surface area contributed by atoms with Gasteiger partial charge in [0, 0.05) is 52.2 Å². The van der Waals surface area contributed by atoms with Crippen LogP contribution in [0.4, 0.5) is 0 Å². The summed E-state index contributed by atoms with van der Waals surface area (Å²) in [6.45, 7) is 4.68. The predicted octanol–water partition coefficient (Wildman–Crippen LogP) is 0.735. The van der Waals surface area contributed by atoms with Crippen LogP contribution in [-0.4, -0.2) is 91.4 Å². The highest BCUT2D eigenvalue weighted by Crippen LogP contribution is 2.46. The molecule has 1 aromatic carbocycles. The Morgan fingerprint density at radius 1 is 1.15 bits per heavy atom. The van der Waals surface area contributed by atoms with E-state index in [0.717, 1.165) is 22.2 Å². The molecule has 4 aliphatic rings. The van der Waals surface area contributed by atoms with Gasteiger partial charge in [-0.05, 0) is 24.6 Å². The number of carbonyl (C=O) groups excluding carboxylic acids is 1. The minimum absolute atomic E-state index is 0.0123. The van der Waals surface area contributed by atoms with Crippen LogP contribution in [0.15, 0.2) is 23.2 Å². The Hall–Kier alpha value is -2.06. The average Bonchev–Trinajstić information content (AvgIpc) is 3.51. The van der Waals surface area contributed by atoms with Crippen LogP contribution >= 0.6 is 11.8 Å². The van der Waals surface area contributed by atoms with Gasteiger partial charge in [-0.2, -0.15) is 4.31 Å². The van der Waals surface area contributed by atoms with E-state index < -0.39 is 20.7 Å². The third kappa shape index (κ3) is 3.83. The zero-order valence-corrected chi connectivity index (χ0v) is 20.5. The lowest BCUT2D eigenvalue weighted by molar-refractivity contribution is -0.134. The highest BCUT2D eigenvalue weighted by molar-refractivity contribution is 8.14. The predicted molar refractivity (Wildman–Crippen MR) is 125 cm³/mol. The minimum Gasteiger partial charge on any atom is -0.454 e. The quantitative estimate of drug-likeness (QED) is 0.443. The third-order valence-electron chi connectivity index (χ3n) is 6.97. The van der Waals surface area contributed by atoms with Crippen LogP contribution in [0.2, 0.25) is 0 Å². The topological polar surface area (TPSA) is 130 Å². The number of benzene rings is 1. The molecule has 0 saturated carbocycles. The van der Waals surface area contributed by atoms with Gasteiger partial charge in [-0.3, -0.25) is 15.0 Å². The van der Waals surface area contributed by atoms with Gasteiger partial charge in [0.15, 0.2) is 21.4 Å². The lowest BCUT2D eigenvalue weighted by atomic mass is 9.98. The molecule has 4 aliphatic heterocycles. The van der Waals surface area contributed by atoms with Gasteiger partial charge in [-0.15, -0.1) is 0 Å². The summed E-state index contributed by atoms with van der Waals surface area (Å²) in [5.74, 6) is 0.583. The van der Waals surface area contributed by atoms with Crippen molar-refractivity contribution < 1.29 is 32.6 Å². The molecule has 11 nitrogen and oxygen atoms in total. The molecule has 186 valence electrons. The number of hydrogen-bond acceptors (Lipinski definition) is 10. The smallest absolute Gasteiger partial charge is 0.266 e. The molecule has 13 heteroatoms. The highest BCUT2D eigenvalue weighted by Gasteiger charge is 2.54. The fourth-order valence-electron chi connectivity index (χ4n) is 4.80. The average molecular weight is 513 g/mol. The van der Waals surface area contributed by atoms with E-state index in [9.17, 15) is 18.4 Å². The van der Waals surface area contributed by atoms with Gasteiger partial charge >= 0.3 is 0 Å².